The van der Waals surface area contributed by atoms with E-state index in [1.807, 2.05) is 12.4 Å². The van der Waals surface area contributed by atoms with E-state index in [0.717, 1.165) is 16.8 Å². The first-order valence-electron chi connectivity index (χ1n) is 16.5. The molecular weight excluding hydrogens is 583 g/mol. The van der Waals surface area contributed by atoms with Crippen molar-refractivity contribution in [2.75, 3.05) is 0 Å². The second-order valence-corrected chi connectivity index (χ2v) is 12.6. The average Bonchev–Trinajstić information content (AvgIpc) is 3.50. The number of aryl methyl sites for hydroxylation is 1. The Balaban J connectivity index is 1.16. The lowest BCUT2D eigenvalue weighted by atomic mass is 9.96. The van der Waals surface area contributed by atoms with Gasteiger partial charge in [0.1, 0.15) is 0 Å². The number of allylic oxidation sites excluding steroid dienone is 2. The zero-order valence-electron chi connectivity index (χ0n) is 26.6. The van der Waals surface area contributed by atoms with E-state index >= 15 is 0 Å². The van der Waals surface area contributed by atoms with Crippen molar-refractivity contribution >= 4 is 38.2 Å². The highest BCUT2D eigenvalue weighted by molar-refractivity contribution is 6.19. The number of nitrogens with one attached hydrogen (secondary N) is 1. The minimum Gasteiger partial charge on any atom is -0.380 e. The van der Waals surface area contributed by atoms with Crippen LogP contribution in [0.15, 0.2) is 170 Å². The highest BCUT2D eigenvalue weighted by Crippen LogP contribution is 2.39. The number of pyridine rings is 1. The molecule has 0 fully saturated rings. The second kappa shape index (κ2) is 11.6. The van der Waals surface area contributed by atoms with Gasteiger partial charge in [-0.1, -0.05) is 115 Å². The van der Waals surface area contributed by atoms with E-state index in [4.69, 9.17) is 0 Å². The Hall–Kier alpha value is -6.19. The fourth-order valence-corrected chi connectivity index (χ4v) is 7.20. The van der Waals surface area contributed by atoms with Crippen molar-refractivity contribution in [3.8, 4) is 27.9 Å². The molecule has 0 saturated heterocycles. The van der Waals surface area contributed by atoms with E-state index in [1.54, 1.807) is 0 Å². The van der Waals surface area contributed by atoms with Crippen molar-refractivity contribution < 1.29 is 0 Å². The molecule has 0 bridgehead atoms. The van der Waals surface area contributed by atoms with Crippen LogP contribution in [0.25, 0.3) is 66.1 Å². The quantitative estimate of drug-likeness (QED) is 0.209. The van der Waals surface area contributed by atoms with Gasteiger partial charge in [0.25, 0.3) is 0 Å². The molecule has 228 valence electrons. The number of hydrogen-bond acceptors (Lipinski definition) is 2. The van der Waals surface area contributed by atoms with Gasteiger partial charge in [-0.25, -0.2) is 0 Å². The fourth-order valence-electron chi connectivity index (χ4n) is 7.20. The Morgan fingerprint density at radius 2 is 1.35 bits per heavy atom. The van der Waals surface area contributed by atoms with Crippen molar-refractivity contribution in [1.82, 2.24) is 14.9 Å². The lowest BCUT2D eigenvalue weighted by molar-refractivity contribution is 0.750. The minimum absolute atomic E-state index is 0.0725. The molecule has 3 heteroatoms. The van der Waals surface area contributed by atoms with Crippen LogP contribution in [0.4, 0.5) is 0 Å². The molecule has 6 aromatic carbocycles. The number of dihydropyridines is 1. The summed E-state index contributed by atoms with van der Waals surface area (Å²) in [5.74, 6) is 0. The van der Waals surface area contributed by atoms with E-state index in [2.05, 4.69) is 180 Å². The Labute approximate surface area is 280 Å². The highest BCUT2D eigenvalue weighted by Gasteiger charge is 2.19. The van der Waals surface area contributed by atoms with Gasteiger partial charge in [0.05, 0.1) is 17.1 Å². The number of rotatable bonds is 5. The summed E-state index contributed by atoms with van der Waals surface area (Å²) in [6.45, 7) is 2.13. The molecule has 1 N–H and O–H groups in total. The van der Waals surface area contributed by atoms with Gasteiger partial charge in [-0.3, -0.25) is 4.98 Å². The molecule has 1 unspecified atom stereocenters. The van der Waals surface area contributed by atoms with Crippen LogP contribution in [0.5, 0.6) is 0 Å². The summed E-state index contributed by atoms with van der Waals surface area (Å²) in [4.78, 5) is 4.34. The molecule has 0 amide bonds. The SMILES string of the molecule is Cc1ccncc1C1=CNC(c2ccc3c4ccc5cc(-c6cccc(-c7ccccc7)c6)ccc5c4n(-c4ccccc4)c3c2)C=C1. The molecule has 3 nitrogen and oxygen atoms in total. The van der Waals surface area contributed by atoms with E-state index in [9.17, 15) is 0 Å². The van der Waals surface area contributed by atoms with Gasteiger partial charge in [-0.2, -0.15) is 0 Å². The summed E-state index contributed by atoms with van der Waals surface area (Å²) in [5, 5.41) is 8.63. The molecule has 0 saturated carbocycles. The number of aromatic nitrogens is 2. The van der Waals surface area contributed by atoms with Crippen molar-refractivity contribution in [1.29, 1.82) is 0 Å². The molecule has 0 spiro atoms. The Morgan fingerprint density at radius 1 is 0.625 bits per heavy atom. The van der Waals surface area contributed by atoms with E-state index in [0.29, 0.717) is 0 Å². The standard InChI is InChI=1S/C45H33N3/c1-30-23-24-46-29-42(30)37-18-22-43(47-28-37)36-17-20-40-41-21-16-35-26-34(33-12-8-11-32(25-33)31-9-4-2-5-10-31)15-19-39(35)45(41)48(44(40)27-36)38-13-6-3-7-14-38/h2-29,43,47H,1H3. The predicted molar refractivity (Wildman–Crippen MR) is 201 cm³/mol. The van der Waals surface area contributed by atoms with Gasteiger partial charge < -0.3 is 9.88 Å². The molecular formula is C45H33N3. The van der Waals surface area contributed by atoms with Gasteiger partial charge in [0, 0.05) is 46.0 Å². The molecule has 1 atom stereocenters. The number of hydrogen-bond donors (Lipinski definition) is 1. The monoisotopic (exact) mass is 615 g/mol. The van der Waals surface area contributed by atoms with Gasteiger partial charge >= 0.3 is 0 Å². The van der Waals surface area contributed by atoms with Crippen LogP contribution < -0.4 is 5.32 Å². The number of fused-ring (bicyclic) bond motifs is 5. The highest BCUT2D eigenvalue weighted by atomic mass is 15.0. The van der Waals surface area contributed by atoms with Crippen LogP contribution in [-0.2, 0) is 0 Å². The first-order valence-corrected chi connectivity index (χ1v) is 16.5. The maximum Gasteiger partial charge on any atom is 0.0696 e. The maximum absolute atomic E-state index is 4.34. The normalized spacial score (nSPS) is 14.4. The Bertz CT molecular complexity index is 2540. The van der Waals surface area contributed by atoms with E-state index < -0.39 is 0 Å². The van der Waals surface area contributed by atoms with Crippen LogP contribution in [0, 0.1) is 6.92 Å². The van der Waals surface area contributed by atoms with Crippen LogP contribution in [0.3, 0.4) is 0 Å². The zero-order chi connectivity index (χ0) is 32.0. The molecule has 0 aliphatic carbocycles. The van der Waals surface area contributed by atoms with Crippen LogP contribution in [-0.4, -0.2) is 9.55 Å². The average molecular weight is 616 g/mol. The van der Waals surface area contributed by atoms with Crippen LogP contribution >= 0.6 is 0 Å². The van der Waals surface area contributed by atoms with E-state index in [-0.39, 0.29) is 6.04 Å². The third kappa shape index (κ3) is 4.80. The van der Waals surface area contributed by atoms with Gasteiger partial charge in [-0.15, -0.1) is 0 Å². The molecule has 3 heterocycles. The van der Waals surface area contributed by atoms with Crippen LogP contribution in [0.2, 0.25) is 0 Å². The molecule has 1 aliphatic rings. The fraction of sp³-hybridized carbons (Fsp3) is 0.0444. The predicted octanol–water partition coefficient (Wildman–Crippen LogP) is 11.2. The largest absolute Gasteiger partial charge is 0.380 e. The Morgan fingerprint density at radius 3 is 2.15 bits per heavy atom. The molecule has 9 rings (SSSR count). The smallest absolute Gasteiger partial charge is 0.0696 e. The number of benzene rings is 6. The van der Waals surface area contributed by atoms with E-state index in [1.165, 1.54) is 66.0 Å². The molecule has 0 radical (unpaired) electrons. The summed E-state index contributed by atoms with van der Waals surface area (Å²) in [6.07, 6.45) is 10.4. The first kappa shape index (κ1) is 28.1. The number of nitrogens with zero attached hydrogens (tertiary/aromatic N) is 2. The topological polar surface area (TPSA) is 29.9 Å². The molecule has 1 aliphatic heterocycles. The number of para-hydroxylation sites is 1. The zero-order valence-corrected chi connectivity index (χ0v) is 26.6. The lowest BCUT2D eigenvalue weighted by Crippen LogP contribution is -2.16. The summed E-state index contributed by atoms with van der Waals surface area (Å²) in [5.41, 5.74) is 13.2. The second-order valence-electron chi connectivity index (χ2n) is 12.6. The minimum atomic E-state index is 0.0725. The maximum atomic E-state index is 4.34. The van der Waals surface area contributed by atoms with Crippen molar-refractivity contribution in [3.63, 3.8) is 0 Å². The summed E-state index contributed by atoms with van der Waals surface area (Å²) < 4.78 is 2.44. The molecule has 48 heavy (non-hydrogen) atoms. The summed E-state index contributed by atoms with van der Waals surface area (Å²) in [7, 11) is 0. The third-order valence-corrected chi connectivity index (χ3v) is 9.68. The Kier molecular flexibility index (Phi) is 6.76. The van der Waals surface area contributed by atoms with Crippen molar-refractivity contribution in [2.24, 2.45) is 0 Å². The summed E-state index contributed by atoms with van der Waals surface area (Å²) >= 11 is 0. The van der Waals surface area contributed by atoms with Crippen molar-refractivity contribution in [3.05, 3.63) is 187 Å². The van der Waals surface area contributed by atoms with Crippen molar-refractivity contribution in [2.45, 2.75) is 13.0 Å². The lowest BCUT2D eigenvalue weighted by Gasteiger charge is -2.20. The first-order chi connectivity index (χ1) is 23.7. The van der Waals surface area contributed by atoms with Gasteiger partial charge in [0.15, 0.2) is 0 Å². The summed E-state index contributed by atoms with van der Waals surface area (Å²) in [6, 6.07) is 50.7. The molecule has 2 aromatic heterocycles. The molecule has 8 aromatic rings. The third-order valence-electron chi connectivity index (χ3n) is 9.68. The van der Waals surface area contributed by atoms with Crippen LogP contribution in [0.1, 0.15) is 22.7 Å². The van der Waals surface area contributed by atoms with Gasteiger partial charge in [-0.05, 0) is 87.7 Å². The van der Waals surface area contributed by atoms with Gasteiger partial charge in [0.2, 0.25) is 0 Å².